The molecular formula is C77H57BN8. The number of aliphatic imine (C=N–C) groups is 3. The average molecular weight is 1110 g/mol. The number of para-hydroxylation sites is 6. The van der Waals surface area contributed by atoms with Crippen molar-refractivity contribution in [3.63, 3.8) is 0 Å². The summed E-state index contributed by atoms with van der Waals surface area (Å²) in [5.41, 5.74) is 14.4. The Labute approximate surface area is 498 Å². The second kappa shape index (κ2) is 22.2. The normalized spacial score (nSPS) is 12.6. The summed E-state index contributed by atoms with van der Waals surface area (Å²) < 4.78 is 9.37. The van der Waals surface area contributed by atoms with Crippen LogP contribution in [0.25, 0.3) is 106 Å². The number of pyridine rings is 1. The highest BCUT2D eigenvalue weighted by atomic mass is 15.1. The van der Waals surface area contributed by atoms with Crippen molar-refractivity contribution in [3.05, 3.63) is 301 Å². The maximum absolute atomic E-state index is 5.49. The summed E-state index contributed by atoms with van der Waals surface area (Å²) >= 11 is 0. The van der Waals surface area contributed by atoms with Crippen LogP contribution in [0.4, 0.5) is 0 Å². The van der Waals surface area contributed by atoms with E-state index in [0.717, 1.165) is 72.9 Å². The van der Waals surface area contributed by atoms with E-state index in [1.807, 2.05) is 60.7 Å². The number of fused-ring (bicyclic) bond motifs is 13. The Kier molecular flexibility index (Phi) is 13.3. The second-order valence-corrected chi connectivity index (χ2v) is 21.7. The number of hydrogen-bond donors (Lipinski definition) is 0. The van der Waals surface area contributed by atoms with Crippen LogP contribution in [0.1, 0.15) is 17.5 Å². The van der Waals surface area contributed by atoms with Crippen molar-refractivity contribution >= 4 is 125 Å². The highest BCUT2D eigenvalue weighted by Crippen LogP contribution is 2.41. The Morgan fingerprint density at radius 1 is 0.477 bits per heavy atom. The fourth-order valence-corrected chi connectivity index (χ4v) is 12.8. The number of aromatic nitrogens is 5. The molecule has 5 heterocycles. The van der Waals surface area contributed by atoms with Crippen LogP contribution in [-0.4, -0.2) is 48.4 Å². The number of allylic oxidation sites excluding steroid dienone is 2. The summed E-state index contributed by atoms with van der Waals surface area (Å²) in [5.74, 6) is 1.98. The molecule has 0 saturated heterocycles. The Morgan fingerprint density at radius 3 is 1.71 bits per heavy atom. The van der Waals surface area contributed by atoms with Gasteiger partial charge in [0, 0.05) is 71.0 Å². The lowest BCUT2D eigenvalue weighted by atomic mass is 9.44. The minimum absolute atomic E-state index is 0.0357. The van der Waals surface area contributed by atoms with Crippen LogP contribution in [0, 0.1) is 0 Å². The van der Waals surface area contributed by atoms with Gasteiger partial charge >= 0.3 is 0 Å². The molecule has 0 atom stereocenters. The van der Waals surface area contributed by atoms with Gasteiger partial charge in [-0.2, -0.15) is 0 Å². The molecular weight excluding hydrogens is 1050 g/mol. The van der Waals surface area contributed by atoms with Gasteiger partial charge in [0.1, 0.15) is 12.5 Å². The molecule has 8 nitrogen and oxygen atoms in total. The highest BCUT2D eigenvalue weighted by molar-refractivity contribution is 6.83. The third-order valence-corrected chi connectivity index (χ3v) is 16.8. The van der Waals surface area contributed by atoms with Crippen LogP contribution >= 0.6 is 0 Å². The molecule has 9 heteroatoms. The zero-order valence-electron chi connectivity index (χ0n) is 47.5. The molecule has 16 rings (SSSR count). The number of nitrogens with zero attached hydrogens (tertiary/aromatic N) is 8. The van der Waals surface area contributed by atoms with E-state index in [1.54, 1.807) is 0 Å². The maximum Gasteiger partial charge on any atom is 0.230 e. The van der Waals surface area contributed by atoms with E-state index < -0.39 is 0 Å². The molecule has 0 saturated carbocycles. The van der Waals surface area contributed by atoms with Crippen molar-refractivity contribution in [3.8, 4) is 17.2 Å². The van der Waals surface area contributed by atoms with Gasteiger partial charge in [-0.25, -0.2) is 20.0 Å². The molecule has 0 unspecified atom stereocenters. The molecule has 86 heavy (non-hydrogen) atoms. The van der Waals surface area contributed by atoms with E-state index in [4.69, 9.17) is 15.0 Å². The van der Waals surface area contributed by atoms with Crippen LogP contribution in [-0.2, 0) is 6.67 Å². The minimum atomic E-state index is 0.0357. The zero-order valence-corrected chi connectivity index (χ0v) is 47.5. The molecule has 15 aromatic rings. The van der Waals surface area contributed by atoms with E-state index in [2.05, 4.69) is 267 Å². The van der Waals surface area contributed by atoms with Gasteiger partial charge in [-0.3, -0.25) is 4.57 Å². The molecule has 1 aliphatic rings. The van der Waals surface area contributed by atoms with Crippen LogP contribution in [0.2, 0.25) is 6.82 Å². The van der Waals surface area contributed by atoms with E-state index in [1.165, 1.54) is 59.8 Å². The van der Waals surface area contributed by atoms with Crippen molar-refractivity contribution < 1.29 is 0 Å². The van der Waals surface area contributed by atoms with Crippen LogP contribution in [0.3, 0.4) is 0 Å². The Hall–Kier alpha value is -11.2. The lowest BCUT2D eigenvalue weighted by Gasteiger charge is -2.13. The van der Waals surface area contributed by atoms with E-state index in [9.17, 15) is 0 Å². The Morgan fingerprint density at radius 2 is 1.02 bits per heavy atom. The van der Waals surface area contributed by atoms with Crippen molar-refractivity contribution in [2.24, 2.45) is 15.0 Å². The molecule has 0 radical (unpaired) electrons. The van der Waals surface area contributed by atoms with Crippen LogP contribution in [0.5, 0.6) is 0 Å². The molecule has 10 aromatic carbocycles. The van der Waals surface area contributed by atoms with Crippen molar-refractivity contribution in [1.82, 2.24) is 23.3 Å². The predicted octanol–water partition coefficient (Wildman–Crippen LogP) is 15.3. The van der Waals surface area contributed by atoms with Gasteiger partial charge in [-0.15, -0.1) is 0 Å². The van der Waals surface area contributed by atoms with Gasteiger partial charge in [0.05, 0.1) is 44.0 Å². The number of rotatable bonds is 9. The molecule has 0 fully saturated rings. The lowest BCUT2D eigenvalue weighted by Crippen LogP contribution is -2.41. The van der Waals surface area contributed by atoms with Gasteiger partial charge in [-0.1, -0.05) is 225 Å². The van der Waals surface area contributed by atoms with E-state index >= 15 is 0 Å². The summed E-state index contributed by atoms with van der Waals surface area (Å²) in [5, 5.41) is 11.0. The number of hydrogen-bond acceptors (Lipinski definition) is 2. The summed E-state index contributed by atoms with van der Waals surface area (Å²) in [6, 6.07) is 93.7. The number of benzene rings is 10. The first-order valence-corrected chi connectivity index (χ1v) is 29.3. The quantitative estimate of drug-likeness (QED) is 0.0806. The fraction of sp³-hybridized carbons (Fsp3) is 0.0390. The largest absolute Gasteiger partial charge is 0.319 e. The van der Waals surface area contributed by atoms with Crippen molar-refractivity contribution in [1.29, 1.82) is 0 Å². The summed E-state index contributed by atoms with van der Waals surface area (Å²) in [7, 11) is 0. The SMILES string of the molecule is C1=CCC=c2c(n(-c3ccccc3)c3ccccc23)=C1.C=NC(=N/C(=N\Cn1c2ccccc2c2ccc3c(c4ccccc4n3-c3cccc(B(C)c4ccc5c(c4)c4ccccc4n5-c4ccccc4)n3)c21)c1ccccc1)c1ccccc1. The summed E-state index contributed by atoms with van der Waals surface area (Å²) in [6.07, 6.45) is 9.87. The van der Waals surface area contributed by atoms with Crippen LogP contribution < -0.4 is 21.6 Å². The van der Waals surface area contributed by atoms with Gasteiger partial charge in [0.2, 0.25) is 6.71 Å². The standard InChI is InChI=1S/C58H42BN7.C19H15N/c1-59(41-33-35-51-47(37-41)44-26-13-16-29-49(44)65(51)42-23-10-5-11-24-42)53-31-18-32-54(62-53)66-50-30-17-14-27-46(50)55-52(66)36-34-45-43-25-12-15-28-48(43)64(56(45)55)38-61-58(40-21-8-4-9-22-40)63-57(60-2)39-19-6-3-7-20-39;1-3-9-15(10-4-1)20-18-13-6-2-5-11-16(18)17-12-7-8-14-19(17)20/h3-37H,2,38H2,1H3;1-4,6-14H,5H2/b61-58-,63-57?;. The molecule has 5 aromatic heterocycles. The number of amidine groups is 2. The van der Waals surface area contributed by atoms with Crippen molar-refractivity contribution in [2.75, 3.05) is 0 Å². The minimum Gasteiger partial charge on any atom is -0.319 e. The highest BCUT2D eigenvalue weighted by Gasteiger charge is 2.23. The summed E-state index contributed by atoms with van der Waals surface area (Å²) in [6.45, 7) is 6.51. The molecule has 0 aliphatic heterocycles. The van der Waals surface area contributed by atoms with Crippen molar-refractivity contribution in [2.45, 2.75) is 19.9 Å². The first-order chi connectivity index (χ1) is 42.6. The molecule has 0 N–H and O–H groups in total. The monoisotopic (exact) mass is 1100 g/mol. The molecule has 1 aliphatic carbocycles. The molecule has 0 spiro atoms. The summed E-state index contributed by atoms with van der Waals surface area (Å²) in [4.78, 5) is 20.2. The smallest absolute Gasteiger partial charge is 0.230 e. The third kappa shape index (κ3) is 9.05. The molecule has 0 bridgehead atoms. The zero-order chi connectivity index (χ0) is 57.5. The Balaban J connectivity index is 0.000000262. The van der Waals surface area contributed by atoms with Gasteiger partial charge in [0.15, 0.2) is 11.7 Å². The van der Waals surface area contributed by atoms with E-state index in [0.29, 0.717) is 18.3 Å². The first kappa shape index (κ1) is 51.7. The maximum atomic E-state index is 5.49. The van der Waals surface area contributed by atoms with Gasteiger partial charge in [0.25, 0.3) is 0 Å². The predicted molar refractivity (Wildman–Crippen MR) is 364 cm³/mol. The van der Waals surface area contributed by atoms with Gasteiger partial charge < -0.3 is 13.7 Å². The van der Waals surface area contributed by atoms with E-state index in [-0.39, 0.29) is 6.71 Å². The third-order valence-electron chi connectivity index (χ3n) is 16.8. The Bertz CT molecular complexity index is 5320. The molecule has 408 valence electrons. The molecule has 0 amide bonds. The average Bonchev–Trinajstić information content (AvgIpc) is 1.80. The lowest BCUT2D eigenvalue weighted by molar-refractivity contribution is 0.793. The topological polar surface area (TPSA) is 69.7 Å². The second-order valence-electron chi connectivity index (χ2n) is 21.7. The first-order valence-electron chi connectivity index (χ1n) is 29.3. The van der Waals surface area contributed by atoms with Gasteiger partial charge in [-0.05, 0) is 92.0 Å². The van der Waals surface area contributed by atoms with Crippen LogP contribution in [0.15, 0.2) is 294 Å². The fourth-order valence-electron chi connectivity index (χ4n) is 12.8.